The lowest BCUT2D eigenvalue weighted by Crippen LogP contribution is -2.53. The van der Waals surface area contributed by atoms with Crippen molar-refractivity contribution in [2.75, 3.05) is 39.4 Å². The maximum Gasteiger partial charge on any atom is 0.290 e. The molecule has 2 heterocycles. The highest BCUT2D eigenvalue weighted by atomic mass is 35.5. The zero-order chi connectivity index (χ0) is 21.0. The first-order chi connectivity index (χ1) is 13.9. The Morgan fingerprint density at radius 1 is 1.21 bits per heavy atom. The van der Waals surface area contributed by atoms with Crippen molar-refractivity contribution in [3.8, 4) is 0 Å². The van der Waals surface area contributed by atoms with Crippen LogP contribution in [-0.2, 0) is 9.53 Å². The second-order valence-electron chi connectivity index (χ2n) is 7.71. The van der Waals surface area contributed by atoms with Gasteiger partial charge in [-0.3, -0.25) is 14.5 Å². The summed E-state index contributed by atoms with van der Waals surface area (Å²) in [4.78, 5) is 25.2. The quantitative estimate of drug-likeness (QED) is 0.697. The predicted octanol–water partition coefficient (Wildman–Crippen LogP) is 1.72. The molecule has 4 rings (SSSR count). The number of hydrogen-bond donors (Lipinski definition) is 2. The van der Waals surface area contributed by atoms with Crippen LogP contribution in [-0.4, -0.2) is 83.9 Å². The van der Waals surface area contributed by atoms with Crippen LogP contribution in [0.2, 0.25) is 5.02 Å². The SMILES string of the molecule is O=C(c1cc(Cl)ccc1F)N1C[C@H]2C[C@@H](N3CCOCC3)[C@H](O)C[C@H]2C1.O=CO. The van der Waals surface area contributed by atoms with E-state index in [4.69, 9.17) is 26.2 Å². The molecule has 160 valence electrons. The lowest BCUT2D eigenvalue weighted by Gasteiger charge is -2.43. The Hall–Kier alpha value is -1.74. The number of halogens is 2. The lowest BCUT2D eigenvalue weighted by atomic mass is 9.77. The zero-order valence-electron chi connectivity index (χ0n) is 16.0. The van der Waals surface area contributed by atoms with Gasteiger partial charge in [0.15, 0.2) is 0 Å². The standard InChI is InChI=1S/C19H24ClFN2O3.CH2O2/c20-14-1-2-16(21)15(9-14)19(25)23-10-12-7-17(18(24)8-13(12)11-23)22-3-5-26-6-4-22;2-1-3/h1-2,9,12-13,17-18,24H,3-8,10-11H2;1H,(H,2,3)/t12-,13+,17-,18-;/m1./s1. The van der Waals surface area contributed by atoms with E-state index in [1.165, 1.54) is 18.2 Å². The number of ether oxygens (including phenoxy) is 1. The Morgan fingerprint density at radius 2 is 1.83 bits per heavy atom. The Morgan fingerprint density at radius 3 is 2.48 bits per heavy atom. The van der Waals surface area contributed by atoms with E-state index < -0.39 is 5.82 Å². The minimum absolute atomic E-state index is 0.0291. The number of likely N-dealkylation sites (tertiary alicyclic amines) is 1. The Kier molecular flexibility index (Phi) is 7.45. The van der Waals surface area contributed by atoms with Crippen LogP contribution >= 0.6 is 11.6 Å². The molecule has 1 aromatic rings. The molecule has 1 amide bonds. The smallest absolute Gasteiger partial charge is 0.290 e. The summed E-state index contributed by atoms with van der Waals surface area (Å²) in [5, 5.41) is 17.9. The number of amides is 1. The first-order valence-corrected chi connectivity index (χ1v) is 10.1. The van der Waals surface area contributed by atoms with Gasteiger partial charge in [0.05, 0.1) is 24.9 Å². The van der Waals surface area contributed by atoms with E-state index in [0.717, 1.165) is 19.5 Å². The number of nitrogens with zero attached hydrogens (tertiary/aromatic N) is 2. The van der Waals surface area contributed by atoms with Crippen molar-refractivity contribution in [3.05, 3.63) is 34.6 Å². The van der Waals surface area contributed by atoms with E-state index in [9.17, 15) is 14.3 Å². The summed E-state index contributed by atoms with van der Waals surface area (Å²) in [6.07, 6.45) is 1.18. The second kappa shape index (κ2) is 9.84. The van der Waals surface area contributed by atoms with Crippen LogP contribution in [0, 0.1) is 17.7 Å². The van der Waals surface area contributed by atoms with Crippen molar-refractivity contribution in [2.24, 2.45) is 11.8 Å². The van der Waals surface area contributed by atoms with E-state index >= 15 is 0 Å². The third-order valence-electron chi connectivity index (χ3n) is 6.07. The fourth-order valence-electron chi connectivity index (χ4n) is 4.71. The Balaban J connectivity index is 0.000000755. The van der Waals surface area contributed by atoms with Crippen LogP contribution < -0.4 is 0 Å². The highest BCUT2D eigenvalue weighted by Crippen LogP contribution is 2.39. The van der Waals surface area contributed by atoms with E-state index in [2.05, 4.69) is 4.90 Å². The van der Waals surface area contributed by atoms with Gasteiger partial charge in [0.1, 0.15) is 5.82 Å². The van der Waals surface area contributed by atoms with E-state index in [0.29, 0.717) is 43.7 Å². The molecule has 2 aliphatic heterocycles. The fourth-order valence-corrected chi connectivity index (χ4v) is 4.88. The highest BCUT2D eigenvalue weighted by molar-refractivity contribution is 6.31. The molecular weight excluding hydrogens is 403 g/mol. The summed E-state index contributed by atoms with van der Waals surface area (Å²) in [6, 6.07) is 4.20. The lowest BCUT2D eigenvalue weighted by molar-refractivity contribution is -0.122. The van der Waals surface area contributed by atoms with Crippen molar-refractivity contribution in [1.29, 1.82) is 0 Å². The first kappa shape index (κ1) is 22.0. The number of hydrogen-bond acceptors (Lipinski definition) is 5. The van der Waals surface area contributed by atoms with Gasteiger partial charge < -0.3 is 19.8 Å². The Bertz CT molecular complexity index is 731. The summed E-state index contributed by atoms with van der Waals surface area (Å²) in [5.41, 5.74) is 0.0291. The largest absolute Gasteiger partial charge is 0.483 e. The Labute approximate surface area is 174 Å². The topological polar surface area (TPSA) is 90.3 Å². The number of carbonyl (C=O) groups is 2. The van der Waals surface area contributed by atoms with E-state index in [1.807, 2.05) is 0 Å². The molecule has 3 fully saturated rings. The van der Waals surface area contributed by atoms with Crippen LogP contribution in [0.1, 0.15) is 23.2 Å². The molecule has 9 heteroatoms. The number of morpholine rings is 1. The van der Waals surface area contributed by atoms with Crippen molar-refractivity contribution in [2.45, 2.75) is 25.0 Å². The molecule has 0 radical (unpaired) electrons. The normalized spacial score (nSPS) is 29.6. The highest BCUT2D eigenvalue weighted by Gasteiger charge is 2.45. The number of carboxylic acid groups (broad SMARTS) is 1. The molecule has 1 aliphatic carbocycles. The van der Waals surface area contributed by atoms with Crippen LogP contribution in [0.4, 0.5) is 4.39 Å². The minimum atomic E-state index is -0.541. The van der Waals surface area contributed by atoms with Gasteiger partial charge in [-0.05, 0) is 42.9 Å². The number of fused-ring (bicyclic) bond motifs is 1. The van der Waals surface area contributed by atoms with Crippen LogP contribution in [0.5, 0.6) is 0 Å². The molecule has 0 unspecified atom stereocenters. The van der Waals surface area contributed by atoms with Gasteiger partial charge in [-0.15, -0.1) is 0 Å². The summed E-state index contributed by atoms with van der Waals surface area (Å²) in [5.74, 6) is -0.233. The third kappa shape index (κ3) is 5.06. The number of carbonyl (C=O) groups excluding carboxylic acids is 1. The van der Waals surface area contributed by atoms with Gasteiger partial charge in [-0.1, -0.05) is 11.6 Å². The molecule has 29 heavy (non-hydrogen) atoms. The van der Waals surface area contributed by atoms with Crippen LogP contribution in [0.3, 0.4) is 0 Å². The predicted molar refractivity (Wildman–Crippen MR) is 104 cm³/mol. The summed E-state index contributed by atoms with van der Waals surface area (Å²) in [7, 11) is 0. The summed E-state index contributed by atoms with van der Waals surface area (Å²) < 4.78 is 19.5. The average molecular weight is 429 g/mol. The summed E-state index contributed by atoms with van der Waals surface area (Å²) in [6.45, 7) is 4.03. The van der Waals surface area contributed by atoms with Gasteiger partial charge >= 0.3 is 0 Å². The maximum absolute atomic E-state index is 14.0. The molecular formula is C20H26ClFN2O5. The van der Waals surface area contributed by atoms with Gasteiger partial charge in [-0.25, -0.2) is 4.39 Å². The molecule has 1 saturated carbocycles. The van der Waals surface area contributed by atoms with Crippen molar-refractivity contribution >= 4 is 24.0 Å². The van der Waals surface area contributed by atoms with E-state index in [-0.39, 0.29) is 36.0 Å². The number of benzene rings is 1. The van der Waals surface area contributed by atoms with E-state index in [1.54, 1.807) is 4.90 Å². The second-order valence-corrected chi connectivity index (χ2v) is 8.15. The molecule has 0 aromatic heterocycles. The van der Waals surface area contributed by atoms with Gasteiger partial charge in [0.2, 0.25) is 0 Å². The number of aliphatic hydroxyl groups is 1. The summed E-state index contributed by atoms with van der Waals surface area (Å²) >= 11 is 5.93. The van der Waals surface area contributed by atoms with Crippen molar-refractivity contribution in [3.63, 3.8) is 0 Å². The first-order valence-electron chi connectivity index (χ1n) is 9.76. The molecule has 4 atom stereocenters. The third-order valence-corrected chi connectivity index (χ3v) is 6.30. The molecule has 7 nitrogen and oxygen atoms in total. The number of aliphatic hydroxyl groups excluding tert-OH is 1. The molecule has 0 spiro atoms. The van der Waals surface area contributed by atoms with Crippen LogP contribution in [0.25, 0.3) is 0 Å². The molecule has 1 aromatic carbocycles. The maximum atomic E-state index is 14.0. The van der Waals surface area contributed by atoms with Gasteiger partial charge in [-0.2, -0.15) is 0 Å². The molecule has 2 saturated heterocycles. The zero-order valence-corrected chi connectivity index (χ0v) is 16.8. The molecule has 2 N–H and O–H groups in total. The monoisotopic (exact) mass is 428 g/mol. The van der Waals surface area contributed by atoms with Crippen molar-refractivity contribution < 1.29 is 28.9 Å². The van der Waals surface area contributed by atoms with Crippen LogP contribution in [0.15, 0.2) is 18.2 Å². The molecule has 0 bridgehead atoms. The number of rotatable bonds is 2. The van der Waals surface area contributed by atoms with Crippen molar-refractivity contribution in [1.82, 2.24) is 9.80 Å². The fraction of sp³-hybridized carbons (Fsp3) is 0.600. The minimum Gasteiger partial charge on any atom is -0.483 e. The van der Waals surface area contributed by atoms with Gasteiger partial charge in [0.25, 0.3) is 12.4 Å². The average Bonchev–Trinajstić information content (AvgIpc) is 3.12. The molecule has 3 aliphatic rings. The van der Waals surface area contributed by atoms with Gasteiger partial charge in [0, 0.05) is 37.2 Å².